The summed E-state index contributed by atoms with van der Waals surface area (Å²) in [6.07, 6.45) is 0.578. The van der Waals surface area contributed by atoms with Crippen molar-refractivity contribution in [3.63, 3.8) is 0 Å². The number of hydrogen-bond acceptors (Lipinski definition) is 5. The predicted octanol–water partition coefficient (Wildman–Crippen LogP) is 3.58. The monoisotopic (exact) mass is 451 g/mol. The maximum Gasteiger partial charge on any atom is 0.271 e. The highest BCUT2D eigenvalue weighted by molar-refractivity contribution is 7.89. The first-order chi connectivity index (χ1) is 15.3. The number of amides is 1. The molecular weight excluding hydrogens is 430 g/mol. The average Bonchev–Trinajstić information content (AvgIpc) is 3.21. The third kappa shape index (κ3) is 4.25. The molecule has 4 rings (SSSR count). The Kier molecular flexibility index (Phi) is 5.77. The lowest BCUT2D eigenvalue weighted by atomic mass is 10.1. The number of carbonyl (C=O) groups excluding carboxylic acids is 1. The molecule has 1 aliphatic rings. The van der Waals surface area contributed by atoms with Gasteiger partial charge in [0.15, 0.2) is 0 Å². The number of nitro benzene ring substituents is 1. The van der Waals surface area contributed by atoms with Crippen molar-refractivity contribution in [1.82, 2.24) is 4.72 Å². The Bertz CT molecular complexity index is 1310. The molecule has 3 aromatic carbocycles. The zero-order valence-corrected chi connectivity index (χ0v) is 18.1. The third-order valence-electron chi connectivity index (χ3n) is 5.48. The number of rotatable bonds is 6. The number of hydrogen-bond donors (Lipinski definition) is 1. The summed E-state index contributed by atoms with van der Waals surface area (Å²) in [7, 11) is -3.84. The third-order valence-corrected chi connectivity index (χ3v) is 6.88. The van der Waals surface area contributed by atoms with E-state index in [2.05, 4.69) is 4.72 Å². The molecular formula is C23H21N3O5S. The molecule has 1 N–H and O–H groups in total. The molecule has 0 bridgehead atoms. The molecule has 0 aliphatic carbocycles. The Morgan fingerprint density at radius 3 is 2.56 bits per heavy atom. The van der Waals surface area contributed by atoms with Crippen LogP contribution in [-0.2, 0) is 23.0 Å². The van der Waals surface area contributed by atoms with Gasteiger partial charge in [0.2, 0.25) is 10.0 Å². The number of benzene rings is 3. The number of non-ortho nitro benzene ring substituents is 1. The van der Waals surface area contributed by atoms with E-state index in [0.717, 1.165) is 11.1 Å². The summed E-state index contributed by atoms with van der Waals surface area (Å²) in [5.74, 6) is -0.387. The molecule has 1 heterocycles. The molecule has 164 valence electrons. The summed E-state index contributed by atoms with van der Waals surface area (Å²) in [5.41, 5.74) is 2.91. The molecule has 1 aliphatic heterocycles. The van der Waals surface area contributed by atoms with Crippen molar-refractivity contribution in [3.05, 3.63) is 99.1 Å². The van der Waals surface area contributed by atoms with E-state index in [0.29, 0.717) is 24.2 Å². The van der Waals surface area contributed by atoms with Gasteiger partial charge in [0.1, 0.15) is 0 Å². The highest BCUT2D eigenvalue weighted by atomic mass is 32.2. The Balaban J connectivity index is 1.62. The second-order valence-electron chi connectivity index (χ2n) is 7.56. The van der Waals surface area contributed by atoms with Gasteiger partial charge in [0, 0.05) is 30.8 Å². The minimum Gasteiger partial charge on any atom is -0.307 e. The minimum absolute atomic E-state index is 0.0131. The van der Waals surface area contributed by atoms with Crippen LogP contribution in [0, 0.1) is 17.0 Å². The summed E-state index contributed by atoms with van der Waals surface area (Å²) in [6, 6.07) is 18.0. The van der Waals surface area contributed by atoms with Crippen molar-refractivity contribution < 1.29 is 18.1 Å². The first-order valence-electron chi connectivity index (χ1n) is 10.00. The van der Waals surface area contributed by atoms with Crippen molar-refractivity contribution in [3.8, 4) is 0 Å². The van der Waals surface area contributed by atoms with E-state index in [9.17, 15) is 23.3 Å². The lowest BCUT2D eigenvalue weighted by Gasteiger charge is -2.19. The average molecular weight is 452 g/mol. The van der Waals surface area contributed by atoms with Crippen LogP contribution in [0.5, 0.6) is 0 Å². The number of sulfonamides is 1. The van der Waals surface area contributed by atoms with Crippen LogP contribution in [0.2, 0.25) is 0 Å². The van der Waals surface area contributed by atoms with Gasteiger partial charge in [-0.25, -0.2) is 13.1 Å². The lowest BCUT2D eigenvalue weighted by Crippen LogP contribution is -2.30. The zero-order chi connectivity index (χ0) is 22.9. The van der Waals surface area contributed by atoms with E-state index in [4.69, 9.17) is 0 Å². The van der Waals surface area contributed by atoms with Crippen LogP contribution in [0.1, 0.15) is 27.0 Å². The number of carbonyl (C=O) groups is 1. The summed E-state index contributed by atoms with van der Waals surface area (Å²) in [4.78, 5) is 25.4. The lowest BCUT2D eigenvalue weighted by molar-refractivity contribution is -0.384. The Labute approximate surface area is 185 Å². The van der Waals surface area contributed by atoms with Gasteiger partial charge in [-0.05, 0) is 42.2 Å². The summed E-state index contributed by atoms with van der Waals surface area (Å²) < 4.78 is 28.2. The fourth-order valence-electron chi connectivity index (χ4n) is 3.69. The van der Waals surface area contributed by atoms with Crippen LogP contribution in [0.4, 0.5) is 11.4 Å². The van der Waals surface area contributed by atoms with E-state index in [-0.39, 0.29) is 28.6 Å². The highest BCUT2D eigenvalue weighted by Gasteiger charge is 2.29. The molecule has 0 saturated carbocycles. The number of fused-ring (bicyclic) bond motifs is 1. The van der Waals surface area contributed by atoms with Gasteiger partial charge in [-0.1, -0.05) is 42.5 Å². The summed E-state index contributed by atoms with van der Waals surface area (Å²) in [5, 5.41) is 11.1. The van der Waals surface area contributed by atoms with Gasteiger partial charge in [-0.15, -0.1) is 0 Å². The second-order valence-corrected chi connectivity index (χ2v) is 9.33. The van der Waals surface area contributed by atoms with Crippen LogP contribution >= 0.6 is 0 Å². The van der Waals surface area contributed by atoms with Crippen molar-refractivity contribution in [1.29, 1.82) is 0 Å². The molecule has 1 amide bonds. The van der Waals surface area contributed by atoms with Crippen LogP contribution in [0.3, 0.4) is 0 Å². The molecule has 9 heteroatoms. The smallest absolute Gasteiger partial charge is 0.271 e. The summed E-state index contributed by atoms with van der Waals surface area (Å²) >= 11 is 0. The largest absolute Gasteiger partial charge is 0.307 e. The van der Waals surface area contributed by atoms with Crippen molar-refractivity contribution >= 4 is 27.3 Å². The number of aryl methyl sites for hydroxylation is 1. The molecule has 0 spiro atoms. The standard InChI is InChI=1S/C23H21N3O5S/c1-16-7-10-20(32(30,31)24-15-17-5-3-2-4-6-17)14-21(16)23(27)25-12-11-18-8-9-19(26(28)29)13-22(18)25/h2-10,13-14,24H,11-12,15H2,1H3. The maximum absolute atomic E-state index is 13.3. The summed E-state index contributed by atoms with van der Waals surface area (Å²) in [6.45, 7) is 2.23. The van der Waals surface area contributed by atoms with E-state index in [1.165, 1.54) is 29.2 Å². The fourth-order valence-corrected chi connectivity index (χ4v) is 4.74. The molecule has 0 fully saturated rings. The molecule has 8 nitrogen and oxygen atoms in total. The molecule has 0 atom stereocenters. The molecule has 0 saturated heterocycles. The van der Waals surface area contributed by atoms with Gasteiger partial charge < -0.3 is 4.90 Å². The van der Waals surface area contributed by atoms with Gasteiger partial charge in [-0.2, -0.15) is 0 Å². The van der Waals surface area contributed by atoms with Crippen LogP contribution in [-0.4, -0.2) is 25.8 Å². The number of nitro groups is 1. The fraction of sp³-hybridized carbons (Fsp3) is 0.174. The Hall–Kier alpha value is -3.56. The van der Waals surface area contributed by atoms with Crippen molar-refractivity contribution in [2.24, 2.45) is 0 Å². The number of nitrogens with one attached hydrogen (secondary N) is 1. The van der Waals surface area contributed by atoms with Gasteiger partial charge in [-0.3, -0.25) is 14.9 Å². The predicted molar refractivity (Wildman–Crippen MR) is 120 cm³/mol. The molecule has 0 aromatic heterocycles. The Morgan fingerprint density at radius 1 is 1.09 bits per heavy atom. The first-order valence-corrected chi connectivity index (χ1v) is 11.5. The van der Waals surface area contributed by atoms with E-state index in [1.807, 2.05) is 30.3 Å². The van der Waals surface area contributed by atoms with Gasteiger partial charge in [0.25, 0.3) is 11.6 Å². The minimum atomic E-state index is -3.84. The van der Waals surface area contributed by atoms with Crippen molar-refractivity contribution in [2.45, 2.75) is 24.8 Å². The van der Waals surface area contributed by atoms with Crippen LogP contribution in [0.15, 0.2) is 71.6 Å². The van der Waals surface area contributed by atoms with E-state index >= 15 is 0 Å². The molecule has 32 heavy (non-hydrogen) atoms. The topological polar surface area (TPSA) is 110 Å². The molecule has 3 aromatic rings. The zero-order valence-electron chi connectivity index (χ0n) is 17.3. The number of nitrogens with zero attached hydrogens (tertiary/aromatic N) is 2. The number of anilines is 1. The van der Waals surface area contributed by atoms with Crippen molar-refractivity contribution in [2.75, 3.05) is 11.4 Å². The van der Waals surface area contributed by atoms with Crippen LogP contribution < -0.4 is 9.62 Å². The maximum atomic E-state index is 13.3. The highest BCUT2D eigenvalue weighted by Crippen LogP contribution is 2.33. The quantitative estimate of drug-likeness (QED) is 0.455. The van der Waals surface area contributed by atoms with Crippen LogP contribution in [0.25, 0.3) is 0 Å². The van der Waals surface area contributed by atoms with E-state index in [1.54, 1.807) is 19.1 Å². The Morgan fingerprint density at radius 2 is 1.84 bits per heavy atom. The molecule has 0 radical (unpaired) electrons. The van der Waals surface area contributed by atoms with Gasteiger partial charge >= 0.3 is 0 Å². The SMILES string of the molecule is Cc1ccc(S(=O)(=O)NCc2ccccc2)cc1C(=O)N1CCc2ccc([N+](=O)[O-])cc21. The van der Waals surface area contributed by atoms with Gasteiger partial charge in [0.05, 0.1) is 15.5 Å². The molecule has 0 unspecified atom stereocenters. The van der Waals surface area contributed by atoms with E-state index < -0.39 is 14.9 Å². The normalized spacial score (nSPS) is 13.1. The first kappa shape index (κ1) is 21.7. The second kappa shape index (κ2) is 8.52.